The van der Waals surface area contributed by atoms with Crippen molar-refractivity contribution in [1.29, 1.82) is 0 Å². The Labute approximate surface area is 113 Å². The first-order valence-corrected chi connectivity index (χ1v) is 6.58. The van der Waals surface area contributed by atoms with Gasteiger partial charge in [-0.25, -0.2) is 0 Å². The third-order valence-electron chi connectivity index (χ3n) is 4.12. The van der Waals surface area contributed by atoms with E-state index >= 15 is 0 Å². The summed E-state index contributed by atoms with van der Waals surface area (Å²) in [5, 5.41) is 9.64. The topological polar surface area (TPSA) is 55.8 Å². The summed E-state index contributed by atoms with van der Waals surface area (Å²) in [6.45, 7) is 2.01. The molecule has 1 aliphatic rings. The maximum absolute atomic E-state index is 11.7. The fourth-order valence-corrected chi connectivity index (χ4v) is 2.95. The first-order chi connectivity index (χ1) is 9.10. The van der Waals surface area contributed by atoms with Gasteiger partial charge < -0.3 is 14.6 Å². The smallest absolute Gasteiger partial charge is 0.314 e. The van der Waals surface area contributed by atoms with Gasteiger partial charge in [0, 0.05) is 11.1 Å². The fourth-order valence-electron chi connectivity index (χ4n) is 2.95. The molecular weight excluding hydrogens is 244 g/mol. The number of rotatable bonds is 5. The van der Waals surface area contributed by atoms with Crippen molar-refractivity contribution in [3.63, 3.8) is 0 Å². The highest BCUT2D eigenvalue weighted by atomic mass is 16.5. The fraction of sp³-hybridized carbons (Fsp3) is 0.533. The van der Waals surface area contributed by atoms with E-state index in [2.05, 4.69) is 0 Å². The Hall–Kier alpha value is -1.71. The number of hydrogen-bond donors (Lipinski definition) is 1. The van der Waals surface area contributed by atoms with E-state index in [9.17, 15) is 9.90 Å². The largest absolute Gasteiger partial charge is 0.496 e. The van der Waals surface area contributed by atoms with E-state index in [0.29, 0.717) is 18.6 Å². The average Bonchev–Trinajstić information content (AvgIpc) is 2.36. The van der Waals surface area contributed by atoms with Crippen molar-refractivity contribution >= 4 is 5.97 Å². The third kappa shape index (κ3) is 1.95. The zero-order valence-corrected chi connectivity index (χ0v) is 11.7. The second kappa shape index (κ2) is 5.11. The van der Waals surface area contributed by atoms with Gasteiger partial charge in [0.25, 0.3) is 0 Å². The van der Waals surface area contributed by atoms with Gasteiger partial charge in [-0.1, -0.05) is 13.3 Å². The van der Waals surface area contributed by atoms with E-state index in [0.717, 1.165) is 29.7 Å². The predicted octanol–water partition coefficient (Wildman–Crippen LogP) is 2.77. The van der Waals surface area contributed by atoms with Gasteiger partial charge in [0.05, 0.1) is 19.6 Å². The number of methoxy groups -OCH3 is 2. The van der Waals surface area contributed by atoms with Crippen LogP contribution in [0, 0.1) is 0 Å². The lowest BCUT2D eigenvalue weighted by molar-refractivity contribution is -0.147. The molecule has 1 N–H and O–H groups in total. The van der Waals surface area contributed by atoms with Crippen molar-refractivity contribution < 1.29 is 19.4 Å². The van der Waals surface area contributed by atoms with Crippen molar-refractivity contribution in [2.75, 3.05) is 14.2 Å². The lowest BCUT2D eigenvalue weighted by atomic mass is 9.62. The van der Waals surface area contributed by atoms with Gasteiger partial charge in [0.1, 0.15) is 11.5 Å². The zero-order chi connectivity index (χ0) is 14.0. The Morgan fingerprint density at radius 3 is 2.21 bits per heavy atom. The molecule has 1 aromatic carbocycles. The summed E-state index contributed by atoms with van der Waals surface area (Å²) < 4.78 is 10.8. The van der Waals surface area contributed by atoms with Crippen LogP contribution in [0.1, 0.15) is 37.3 Å². The quantitative estimate of drug-likeness (QED) is 0.888. The third-order valence-corrected chi connectivity index (χ3v) is 4.12. The predicted molar refractivity (Wildman–Crippen MR) is 72.1 cm³/mol. The monoisotopic (exact) mass is 264 g/mol. The molecule has 2 rings (SSSR count). The molecule has 4 heteroatoms. The van der Waals surface area contributed by atoms with Gasteiger partial charge in [0.15, 0.2) is 0 Å². The molecule has 0 unspecified atom stereocenters. The molecule has 1 aliphatic carbocycles. The van der Waals surface area contributed by atoms with Crippen LogP contribution in [0.25, 0.3) is 0 Å². The van der Waals surface area contributed by atoms with Crippen LogP contribution < -0.4 is 9.47 Å². The number of carboxylic acids is 1. The van der Waals surface area contributed by atoms with Gasteiger partial charge in [0.2, 0.25) is 0 Å². The number of carbonyl (C=O) groups is 1. The summed E-state index contributed by atoms with van der Waals surface area (Å²) in [5.41, 5.74) is 0.949. The molecule has 0 saturated heterocycles. The number of carboxylic acid groups (broad SMARTS) is 1. The first-order valence-electron chi connectivity index (χ1n) is 6.58. The van der Waals surface area contributed by atoms with E-state index in [-0.39, 0.29) is 0 Å². The Morgan fingerprint density at radius 1 is 1.26 bits per heavy atom. The Morgan fingerprint density at radius 2 is 1.84 bits per heavy atom. The molecule has 0 aromatic heterocycles. The maximum Gasteiger partial charge on any atom is 0.314 e. The van der Waals surface area contributed by atoms with Gasteiger partial charge >= 0.3 is 5.97 Å². The standard InChI is InChI=1S/C15H20O4/c1-4-10-11(18-2)6-7-12(19-3)13(10)15(14(16)17)8-5-9-15/h6-7H,4-5,8-9H2,1-3H3,(H,16,17). The highest BCUT2D eigenvalue weighted by molar-refractivity contribution is 5.85. The molecule has 0 amide bonds. The number of benzene rings is 1. The van der Waals surface area contributed by atoms with Gasteiger partial charge in [-0.05, 0) is 31.4 Å². The van der Waals surface area contributed by atoms with Crippen LogP contribution in [-0.4, -0.2) is 25.3 Å². The second-order valence-electron chi connectivity index (χ2n) is 4.92. The number of hydrogen-bond acceptors (Lipinski definition) is 3. The summed E-state index contributed by atoms with van der Waals surface area (Å²) in [5.74, 6) is 0.630. The van der Waals surface area contributed by atoms with Crippen LogP contribution in [0.3, 0.4) is 0 Å². The molecule has 1 saturated carbocycles. The van der Waals surface area contributed by atoms with Crippen LogP contribution >= 0.6 is 0 Å². The van der Waals surface area contributed by atoms with Gasteiger partial charge in [-0.2, -0.15) is 0 Å². The molecule has 104 valence electrons. The summed E-state index contributed by atoms with van der Waals surface area (Å²) in [6, 6.07) is 3.64. The van der Waals surface area contributed by atoms with Crippen molar-refractivity contribution in [3.05, 3.63) is 23.3 Å². The van der Waals surface area contributed by atoms with E-state index in [1.807, 2.05) is 13.0 Å². The van der Waals surface area contributed by atoms with Crippen molar-refractivity contribution in [3.8, 4) is 11.5 Å². The number of ether oxygens (including phenoxy) is 2. The summed E-state index contributed by atoms with van der Waals surface area (Å²) >= 11 is 0. The van der Waals surface area contributed by atoms with Gasteiger partial charge in [-0.15, -0.1) is 0 Å². The molecule has 1 aromatic rings. The molecule has 0 atom stereocenters. The second-order valence-corrected chi connectivity index (χ2v) is 4.92. The summed E-state index contributed by atoms with van der Waals surface area (Å²) in [6.07, 6.45) is 3.00. The minimum absolute atomic E-state index is 0.653. The van der Waals surface area contributed by atoms with Crippen LogP contribution in [0.2, 0.25) is 0 Å². The Kier molecular flexibility index (Phi) is 3.69. The molecule has 0 aliphatic heterocycles. The lowest BCUT2D eigenvalue weighted by Crippen LogP contribution is -2.43. The van der Waals surface area contributed by atoms with E-state index < -0.39 is 11.4 Å². The molecule has 19 heavy (non-hydrogen) atoms. The minimum Gasteiger partial charge on any atom is -0.496 e. The van der Waals surface area contributed by atoms with Crippen LogP contribution in [0.5, 0.6) is 11.5 Å². The lowest BCUT2D eigenvalue weighted by Gasteiger charge is -2.40. The molecule has 0 heterocycles. The highest BCUT2D eigenvalue weighted by Crippen LogP contribution is 2.50. The minimum atomic E-state index is -0.800. The molecule has 1 fully saturated rings. The summed E-state index contributed by atoms with van der Waals surface area (Å²) in [7, 11) is 3.19. The van der Waals surface area contributed by atoms with E-state index in [1.54, 1.807) is 20.3 Å². The normalized spacial score (nSPS) is 16.6. The van der Waals surface area contributed by atoms with Crippen molar-refractivity contribution in [2.45, 2.75) is 38.0 Å². The summed E-state index contributed by atoms with van der Waals surface area (Å²) in [4.78, 5) is 11.7. The molecule has 4 nitrogen and oxygen atoms in total. The highest BCUT2D eigenvalue weighted by Gasteiger charge is 2.49. The average molecular weight is 264 g/mol. The van der Waals surface area contributed by atoms with E-state index in [4.69, 9.17) is 9.47 Å². The van der Waals surface area contributed by atoms with Crippen molar-refractivity contribution in [2.24, 2.45) is 0 Å². The molecule has 0 spiro atoms. The van der Waals surface area contributed by atoms with Crippen molar-refractivity contribution in [1.82, 2.24) is 0 Å². The molecule has 0 bridgehead atoms. The van der Waals surface area contributed by atoms with Crippen LogP contribution in [-0.2, 0) is 16.6 Å². The Balaban J connectivity index is 2.68. The van der Waals surface area contributed by atoms with Crippen LogP contribution in [0.4, 0.5) is 0 Å². The molecular formula is C15H20O4. The van der Waals surface area contributed by atoms with Crippen LogP contribution in [0.15, 0.2) is 12.1 Å². The maximum atomic E-state index is 11.7. The van der Waals surface area contributed by atoms with E-state index in [1.165, 1.54) is 0 Å². The zero-order valence-electron chi connectivity index (χ0n) is 11.7. The first kappa shape index (κ1) is 13.7. The van der Waals surface area contributed by atoms with Gasteiger partial charge in [-0.3, -0.25) is 4.79 Å². The number of aliphatic carboxylic acids is 1. The Bertz CT molecular complexity index is 489. The SMILES string of the molecule is CCc1c(OC)ccc(OC)c1C1(C(=O)O)CCC1. The molecule has 0 radical (unpaired) electrons.